The van der Waals surface area contributed by atoms with Crippen molar-refractivity contribution in [2.45, 2.75) is 39.0 Å². The summed E-state index contributed by atoms with van der Waals surface area (Å²) in [6, 6.07) is 6.99. The molecule has 1 aliphatic rings. The number of likely N-dealkylation sites (tertiary alicyclic amines) is 1. The second-order valence-electron chi connectivity index (χ2n) is 6.68. The lowest BCUT2D eigenvalue weighted by molar-refractivity contribution is -0.138. The summed E-state index contributed by atoms with van der Waals surface area (Å²) in [7, 11) is 0. The van der Waals surface area contributed by atoms with Crippen LogP contribution in [0.1, 0.15) is 28.9 Å². The Labute approximate surface area is 155 Å². The predicted octanol–water partition coefficient (Wildman–Crippen LogP) is 3.33. The van der Waals surface area contributed by atoms with Gasteiger partial charge in [-0.15, -0.1) is 0 Å². The van der Waals surface area contributed by atoms with Gasteiger partial charge in [0.1, 0.15) is 6.10 Å². The number of hydrogen-bond acceptors (Lipinski definition) is 4. The van der Waals surface area contributed by atoms with E-state index >= 15 is 0 Å². The minimum absolute atomic E-state index is 0.0727. The van der Waals surface area contributed by atoms with Crippen LogP contribution >= 0.6 is 0 Å². The van der Waals surface area contributed by atoms with Gasteiger partial charge in [-0.2, -0.15) is 13.2 Å². The molecule has 1 aromatic heterocycles. The van der Waals surface area contributed by atoms with Gasteiger partial charge in [0.2, 0.25) is 5.91 Å². The highest BCUT2D eigenvalue weighted by Gasteiger charge is 2.31. The van der Waals surface area contributed by atoms with E-state index in [-0.39, 0.29) is 24.4 Å². The monoisotopic (exact) mass is 379 g/mol. The first-order valence-corrected chi connectivity index (χ1v) is 8.63. The number of hydrogen-bond donors (Lipinski definition) is 0. The number of alkyl halides is 3. The van der Waals surface area contributed by atoms with Crippen LogP contribution < -0.4 is 4.74 Å². The van der Waals surface area contributed by atoms with Crippen LogP contribution in [-0.2, 0) is 17.4 Å². The fourth-order valence-electron chi connectivity index (χ4n) is 3.09. The van der Waals surface area contributed by atoms with Crippen molar-refractivity contribution in [3.63, 3.8) is 0 Å². The normalized spacial score (nSPS) is 17.2. The average Bonchev–Trinajstić information content (AvgIpc) is 3.02. The van der Waals surface area contributed by atoms with Gasteiger partial charge in [-0.3, -0.25) is 4.79 Å². The van der Waals surface area contributed by atoms with Crippen LogP contribution in [0.3, 0.4) is 0 Å². The molecule has 8 heteroatoms. The lowest BCUT2D eigenvalue weighted by Gasteiger charge is -2.17. The molecule has 1 atom stereocenters. The molecule has 2 heterocycles. The predicted molar refractivity (Wildman–Crippen MR) is 92.3 cm³/mol. The van der Waals surface area contributed by atoms with Crippen molar-refractivity contribution in [2.75, 3.05) is 13.1 Å². The van der Waals surface area contributed by atoms with Crippen LogP contribution in [0.15, 0.2) is 30.3 Å². The third kappa shape index (κ3) is 4.96. The van der Waals surface area contributed by atoms with E-state index in [9.17, 15) is 18.0 Å². The molecule has 5 nitrogen and oxygen atoms in total. The van der Waals surface area contributed by atoms with Crippen molar-refractivity contribution >= 4 is 5.91 Å². The Kier molecular flexibility index (Phi) is 5.34. The number of aryl methyl sites for hydroxylation is 2. The van der Waals surface area contributed by atoms with Crippen molar-refractivity contribution in [2.24, 2.45) is 0 Å². The van der Waals surface area contributed by atoms with Crippen molar-refractivity contribution in [3.8, 4) is 6.01 Å². The van der Waals surface area contributed by atoms with Crippen LogP contribution in [0.4, 0.5) is 13.2 Å². The maximum Gasteiger partial charge on any atom is 0.416 e. The van der Waals surface area contributed by atoms with Crippen LogP contribution in [0, 0.1) is 13.8 Å². The van der Waals surface area contributed by atoms with E-state index in [4.69, 9.17) is 4.74 Å². The number of carbonyl (C=O) groups excluding carboxylic acids is 1. The van der Waals surface area contributed by atoms with Gasteiger partial charge >= 0.3 is 12.2 Å². The SMILES string of the molecule is Cc1cc(C)nc(O[C@@H]2CCN(C(=O)Cc3cccc(C(F)(F)F)c3)C2)n1. The van der Waals surface area contributed by atoms with E-state index in [0.717, 1.165) is 23.5 Å². The van der Waals surface area contributed by atoms with Gasteiger partial charge in [-0.25, -0.2) is 9.97 Å². The fourth-order valence-corrected chi connectivity index (χ4v) is 3.09. The van der Waals surface area contributed by atoms with Gasteiger partial charge in [-0.1, -0.05) is 18.2 Å². The quantitative estimate of drug-likeness (QED) is 0.818. The lowest BCUT2D eigenvalue weighted by atomic mass is 10.1. The number of rotatable bonds is 4. The molecule has 1 aromatic carbocycles. The summed E-state index contributed by atoms with van der Waals surface area (Å²) in [5.41, 5.74) is 1.19. The lowest BCUT2D eigenvalue weighted by Crippen LogP contribution is -2.32. The van der Waals surface area contributed by atoms with E-state index in [2.05, 4.69) is 9.97 Å². The van der Waals surface area contributed by atoms with E-state index in [1.165, 1.54) is 12.1 Å². The molecule has 27 heavy (non-hydrogen) atoms. The van der Waals surface area contributed by atoms with Crippen LogP contribution in [0.25, 0.3) is 0 Å². The van der Waals surface area contributed by atoms with Crippen molar-refractivity contribution in [1.82, 2.24) is 14.9 Å². The number of benzene rings is 1. The Morgan fingerprint density at radius 1 is 1.22 bits per heavy atom. The number of halogens is 3. The van der Waals surface area contributed by atoms with Gasteiger partial charge < -0.3 is 9.64 Å². The van der Waals surface area contributed by atoms with Crippen LogP contribution in [0.2, 0.25) is 0 Å². The molecule has 0 saturated carbocycles. The van der Waals surface area contributed by atoms with Crippen molar-refractivity contribution < 1.29 is 22.7 Å². The summed E-state index contributed by atoms with van der Waals surface area (Å²) >= 11 is 0. The number of carbonyl (C=O) groups is 1. The van der Waals surface area contributed by atoms with Gasteiger partial charge in [0.25, 0.3) is 0 Å². The molecule has 0 N–H and O–H groups in total. The minimum atomic E-state index is -4.42. The van der Waals surface area contributed by atoms with Gasteiger partial charge in [0.05, 0.1) is 18.5 Å². The molecule has 1 aliphatic heterocycles. The zero-order chi connectivity index (χ0) is 19.6. The highest BCUT2D eigenvalue weighted by Crippen LogP contribution is 2.29. The molecule has 1 amide bonds. The van der Waals surface area contributed by atoms with Crippen LogP contribution in [-0.4, -0.2) is 40.0 Å². The first-order valence-electron chi connectivity index (χ1n) is 8.63. The summed E-state index contributed by atoms with van der Waals surface area (Å²) in [6.07, 6.45) is -4.09. The zero-order valence-electron chi connectivity index (χ0n) is 15.1. The molecule has 1 fully saturated rings. The van der Waals surface area contributed by atoms with E-state index in [1.807, 2.05) is 19.9 Å². The molecule has 0 radical (unpaired) electrons. The Bertz CT molecular complexity index is 819. The topological polar surface area (TPSA) is 55.3 Å². The Hall–Kier alpha value is -2.64. The minimum Gasteiger partial charge on any atom is -0.458 e. The first-order chi connectivity index (χ1) is 12.7. The maximum atomic E-state index is 12.8. The second kappa shape index (κ2) is 7.54. The molecule has 2 aromatic rings. The average molecular weight is 379 g/mol. The highest BCUT2D eigenvalue weighted by molar-refractivity contribution is 5.79. The van der Waals surface area contributed by atoms with Gasteiger partial charge in [0, 0.05) is 24.4 Å². The number of aromatic nitrogens is 2. The molecule has 0 spiro atoms. The molecule has 1 saturated heterocycles. The Balaban J connectivity index is 1.59. The Morgan fingerprint density at radius 3 is 2.59 bits per heavy atom. The summed E-state index contributed by atoms with van der Waals surface area (Å²) in [4.78, 5) is 22.5. The highest BCUT2D eigenvalue weighted by atomic mass is 19.4. The molecule has 3 rings (SSSR count). The molecule has 0 aliphatic carbocycles. The second-order valence-corrected chi connectivity index (χ2v) is 6.68. The molecule has 144 valence electrons. The number of nitrogens with zero attached hydrogens (tertiary/aromatic N) is 3. The summed E-state index contributed by atoms with van der Waals surface area (Å²) in [6.45, 7) is 4.56. The van der Waals surface area contributed by atoms with E-state index in [1.54, 1.807) is 4.90 Å². The standard InChI is InChI=1S/C19H20F3N3O2/c1-12-8-13(2)24-18(23-12)27-16-6-7-25(11-16)17(26)10-14-4-3-5-15(9-14)19(20,21)22/h3-5,8-9,16H,6-7,10-11H2,1-2H3/t16-/m1/s1. The van der Waals surface area contributed by atoms with E-state index < -0.39 is 11.7 Å². The van der Waals surface area contributed by atoms with Crippen molar-refractivity contribution in [1.29, 1.82) is 0 Å². The molecule has 0 bridgehead atoms. The molecular weight excluding hydrogens is 359 g/mol. The summed E-state index contributed by atoms with van der Waals surface area (Å²) < 4.78 is 44.2. The van der Waals surface area contributed by atoms with E-state index in [0.29, 0.717) is 25.1 Å². The van der Waals surface area contributed by atoms with Gasteiger partial charge in [0.15, 0.2) is 0 Å². The van der Waals surface area contributed by atoms with Gasteiger partial charge in [-0.05, 0) is 31.5 Å². The molecule has 0 unspecified atom stereocenters. The molecular formula is C19H20F3N3O2. The first kappa shape index (κ1) is 19.1. The number of amides is 1. The maximum absolute atomic E-state index is 12.8. The summed E-state index contributed by atoms with van der Waals surface area (Å²) in [5.74, 6) is -0.221. The van der Waals surface area contributed by atoms with Crippen LogP contribution in [0.5, 0.6) is 6.01 Å². The Morgan fingerprint density at radius 2 is 1.93 bits per heavy atom. The van der Waals surface area contributed by atoms with Crippen molar-refractivity contribution in [3.05, 3.63) is 52.8 Å². The third-order valence-electron chi connectivity index (χ3n) is 4.34. The zero-order valence-corrected chi connectivity index (χ0v) is 15.1. The summed E-state index contributed by atoms with van der Waals surface area (Å²) in [5, 5.41) is 0. The number of ether oxygens (including phenoxy) is 1. The third-order valence-corrected chi connectivity index (χ3v) is 4.34. The smallest absolute Gasteiger partial charge is 0.416 e. The fraction of sp³-hybridized carbons (Fsp3) is 0.421. The largest absolute Gasteiger partial charge is 0.458 e.